The third-order valence-corrected chi connectivity index (χ3v) is 6.46. The molecular weight excluding hydrogens is 276 g/mol. The molecule has 1 saturated heterocycles. The van der Waals surface area contributed by atoms with Gasteiger partial charge in [-0.05, 0) is 25.2 Å². The summed E-state index contributed by atoms with van der Waals surface area (Å²) < 4.78 is 26.6. The molecule has 7 heteroatoms. The Labute approximate surface area is 120 Å². The average Bonchev–Trinajstić information content (AvgIpc) is 3.11. The highest BCUT2D eigenvalue weighted by Crippen LogP contribution is 2.28. The van der Waals surface area contributed by atoms with Crippen LogP contribution in [-0.2, 0) is 10.0 Å². The van der Waals surface area contributed by atoms with Crippen LogP contribution >= 0.6 is 0 Å². The van der Waals surface area contributed by atoms with Crippen LogP contribution in [0.2, 0.25) is 0 Å². The predicted octanol–water partition coefficient (Wildman–Crippen LogP) is 1.44. The van der Waals surface area contributed by atoms with Crippen LogP contribution in [0.4, 0.5) is 0 Å². The predicted molar refractivity (Wildman–Crippen MR) is 75.6 cm³/mol. The van der Waals surface area contributed by atoms with E-state index in [1.54, 1.807) is 21.5 Å². The summed E-state index contributed by atoms with van der Waals surface area (Å²) in [7, 11) is -3.12. The summed E-state index contributed by atoms with van der Waals surface area (Å²) in [5.41, 5.74) is 0. The van der Waals surface area contributed by atoms with Crippen molar-refractivity contribution in [1.82, 2.24) is 19.3 Å². The van der Waals surface area contributed by atoms with E-state index in [0.29, 0.717) is 24.8 Å². The minimum absolute atomic E-state index is 0.0890. The number of hydrogen-bond donors (Lipinski definition) is 0. The molecule has 2 fully saturated rings. The maximum Gasteiger partial charge on any atom is 0.214 e. The Kier molecular flexibility index (Phi) is 4.07. The summed E-state index contributed by atoms with van der Waals surface area (Å²) in [6, 6.07) is 0.0890. The van der Waals surface area contributed by atoms with E-state index in [0.717, 1.165) is 19.3 Å². The van der Waals surface area contributed by atoms with E-state index in [4.69, 9.17) is 0 Å². The molecular formula is C13H22N4O2S. The number of rotatable bonds is 4. The summed E-state index contributed by atoms with van der Waals surface area (Å²) in [6.45, 7) is 1.12. The van der Waals surface area contributed by atoms with Gasteiger partial charge in [0.25, 0.3) is 0 Å². The Morgan fingerprint density at radius 2 is 1.75 bits per heavy atom. The molecule has 1 aliphatic carbocycles. The van der Waals surface area contributed by atoms with Crippen LogP contribution in [0.15, 0.2) is 12.4 Å². The molecule has 20 heavy (non-hydrogen) atoms. The van der Waals surface area contributed by atoms with Gasteiger partial charge >= 0.3 is 0 Å². The van der Waals surface area contributed by atoms with Crippen LogP contribution < -0.4 is 0 Å². The van der Waals surface area contributed by atoms with E-state index >= 15 is 0 Å². The van der Waals surface area contributed by atoms with E-state index in [2.05, 4.69) is 10.2 Å². The zero-order valence-electron chi connectivity index (χ0n) is 11.7. The first-order chi connectivity index (χ1) is 9.65. The summed E-state index contributed by atoms with van der Waals surface area (Å²) >= 11 is 0. The smallest absolute Gasteiger partial charge is 0.212 e. The molecule has 6 nitrogen and oxygen atoms in total. The third-order valence-electron chi connectivity index (χ3n) is 4.45. The minimum atomic E-state index is -3.12. The average molecular weight is 298 g/mol. The lowest BCUT2D eigenvalue weighted by Gasteiger charge is -2.24. The van der Waals surface area contributed by atoms with Gasteiger partial charge in [0.2, 0.25) is 10.0 Å². The SMILES string of the molecule is O=S(=O)(CC1CCCCC1)N1CCC(n2nccn2)C1. The van der Waals surface area contributed by atoms with E-state index < -0.39 is 10.0 Å². The Hall–Kier alpha value is -0.950. The molecule has 1 aliphatic heterocycles. The largest absolute Gasteiger partial charge is 0.214 e. The maximum absolute atomic E-state index is 12.5. The van der Waals surface area contributed by atoms with Crippen LogP contribution in [0.1, 0.15) is 44.6 Å². The second-order valence-electron chi connectivity index (χ2n) is 5.93. The fourth-order valence-electron chi connectivity index (χ4n) is 3.32. The minimum Gasteiger partial charge on any atom is -0.212 e. The molecule has 1 atom stereocenters. The van der Waals surface area contributed by atoms with Crippen molar-refractivity contribution in [3.05, 3.63) is 12.4 Å². The molecule has 1 aromatic heterocycles. The van der Waals surface area contributed by atoms with Crippen molar-refractivity contribution >= 4 is 10.0 Å². The summed E-state index contributed by atoms with van der Waals surface area (Å²) in [6.07, 6.45) is 9.83. The van der Waals surface area contributed by atoms with E-state index in [-0.39, 0.29) is 6.04 Å². The van der Waals surface area contributed by atoms with Gasteiger partial charge in [-0.25, -0.2) is 8.42 Å². The van der Waals surface area contributed by atoms with Gasteiger partial charge in [-0.15, -0.1) is 0 Å². The van der Waals surface area contributed by atoms with Crippen LogP contribution in [-0.4, -0.2) is 46.6 Å². The Morgan fingerprint density at radius 1 is 1.05 bits per heavy atom. The molecule has 1 saturated carbocycles. The van der Waals surface area contributed by atoms with E-state index in [9.17, 15) is 8.42 Å². The van der Waals surface area contributed by atoms with Crippen molar-refractivity contribution in [1.29, 1.82) is 0 Å². The number of hydrogen-bond acceptors (Lipinski definition) is 4. The number of aromatic nitrogens is 3. The monoisotopic (exact) mass is 298 g/mol. The molecule has 0 aromatic carbocycles. The van der Waals surface area contributed by atoms with Crippen molar-refractivity contribution in [2.24, 2.45) is 5.92 Å². The maximum atomic E-state index is 12.5. The highest BCUT2D eigenvalue weighted by Gasteiger charge is 2.34. The lowest BCUT2D eigenvalue weighted by Crippen LogP contribution is -2.34. The molecule has 1 unspecified atom stereocenters. The van der Waals surface area contributed by atoms with Gasteiger partial charge in [0.05, 0.1) is 24.2 Å². The first kappa shape index (κ1) is 14.0. The van der Waals surface area contributed by atoms with Crippen molar-refractivity contribution in [3.63, 3.8) is 0 Å². The zero-order valence-corrected chi connectivity index (χ0v) is 12.5. The molecule has 0 N–H and O–H groups in total. The second kappa shape index (κ2) is 5.81. The summed E-state index contributed by atoms with van der Waals surface area (Å²) in [5.74, 6) is 0.683. The molecule has 3 rings (SSSR count). The van der Waals surface area contributed by atoms with Gasteiger partial charge in [-0.3, -0.25) is 0 Å². The quantitative estimate of drug-likeness (QED) is 0.843. The lowest BCUT2D eigenvalue weighted by molar-refractivity contribution is 0.370. The number of sulfonamides is 1. The highest BCUT2D eigenvalue weighted by atomic mass is 32.2. The molecule has 0 amide bonds. The fraction of sp³-hybridized carbons (Fsp3) is 0.846. The molecule has 0 bridgehead atoms. The molecule has 0 radical (unpaired) electrons. The highest BCUT2D eigenvalue weighted by molar-refractivity contribution is 7.89. The van der Waals surface area contributed by atoms with Crippen molar-refractivity contribution in [3.8, 4) is 0 Å². The van der Waals surface area contributed by atoms with Crippen molar-refractivity contribution in [2.45, 2.75) is 44.6 Å². The van der Waals surface area contributed by atoms with Gasteiger partial charge in [0, 0.05) is 13.1 Å². The topological polar surface area (TPSA) is 68.1 Å². The van der Waals surface area contributed by atoms with Crippen LogP contribution in [0.25, 0.3) is 0 Å². The van der Waals surface area contributed by atoms with E-state index in [1.165, 1.54) is 19.3 Å². The van der Waals surface area contributed by atoms with Crippen LogP contribution in [0, 0.1) is 5.92 Å². The fourth-order valence-corrected chi connectivity index (χ4v) is 5.25. The standard InChI is InChI=1S/C13H22N4O2S/c18-20(19,11-12-4-2-1-3-5-12)16-9-6-13(10-16)17-14-7-8-15-17/h7-8,12-13H,1-6,9-11H2. The van der Waals surface area contributed by atoms with Gasteiger partial charge < -0.3 is 0 Å². The molecule has 2 heterocycles. The molecule has 112 valence electrons. The van der Waals surface area contributed by atoms with Crippen molar-refractivity contribution in [2.75, 3.05) is 18.8 Å². The van der Waals surface area contributed by atoms with Gasteiger partial charge in [0.15, 0.2) is 0 Å². The first-order valence-corrected chi connectivity index (χ1v) is 9.10. The van der Waals surface area contributed by atoms with Crippen molar-refractivity contribution < 1.29 is 8.42 Å². The van der Waals surface area contributed by atoms with Gasteiger partial charge in [0.1, 0.15) is 0 Å². The third kappa shape index (κ3) is 3.03. The van der Waals surface area contributed by atoms with Crippen LogP contribution in [0.5, 0.6) is 0 Å². The lowest BCUT2D eigenvalue weighted by atomic mass is 9.91. The summed E-state index contributed by atoms with van der Waals surface area (Å²) in [4.78, 5) is 1.64. The van der Waals surface area contributed by atoms with Crippen LogP contribution in [0.3, 0.4) is 0 Å². The first-order valence-electron chi connectivity index (χ1n) is 7.49. The van der Waals surface area contributed by atoms with Gasteiger partial charge in [-0.2, -0.15) is 19.3 Å². The Balaban J connectivity index is 1.61. The van der Waals surface area contributed by atoms with E-state index in [1.807, 2.05) is 0 Å². The summed E-state index contributed by atoms with van der Waals surface area (Å²) in [5, 5.41) is 8.23. The Bertz CT molecular complexity index is 523. The normalized spacial score (nSPS) is 26.1. The second-order valence-corrected chi connectivity index (χ2v) is 7.95. The molecule has 1 aromatic rings. The Morgan fingerprint density at radius 3 is 2.45 bits per heavy atom. The van der Waals surface area contributed by atoms with Gasteiger partial charge in [-0.1, -0.05) is 19.3 Å². The molecule has 0 spiro atoms. The number of nitrogens with zero attached hydrogens (tertiary/aromatic N) is 4. The molecule has 2 aliphatic rings. The zero-order chi connectivity index (χ0) is 14.0.